The predicted molar refractivity (Wildman–Crippen MR) is 69.3 cm³/mol. The highest BCUT2D eigenvalue weighted by molar-refractivity contribution is 5.76. The number of hydrogen-bond acceptors (Lipinski definition) is 4. The molecule has 0 radical (unpaired) electrons. The Labute approximate surface area is 105 Å². The molecule has 1 amide bonds. The Kier molecular flexibility index (Phi) is 3.90. The Bertz CT molecular complexity index is 483. The van der Waals surface area contributed by atoms with Crippen molar-refractivity contribution in [1.82, 2.24) is 0 Å². The molecule has 0 aliphatic rings. The number of para-hydroxylation sites is 1. The van der Waals surface area contributed by atoms with Gasteiger partial charge in [0.25, 0.3) is 5.69 Å². The lowest BCUT2D eigenvalue weighted by Gasteiger charge is -2.26. The summed E-state index contributed by atoms with van der Waals surface area (Å²) in [7, 11) is 0. The molecule has 0 spiro atoms. The van der Waals surface area contributed by atoms with E-state index in [1.807, 2.05) is 0 Å². The van der Waals surface area contributed by atoms with Gasteiger partial charge in [-0.2, -0.15) is 0 Å². The van der Waals surface area contributed by atoms with Crippen LogP contribution in [0.2, 0.25) is 0 Å². The van der Waals surface area contributed by atoms with E-state index < -0.39 is 16.4 Å². The summed E-state index contributed by atoms with van der Waals surface area (Å²) < 4.78 is 0. The van der Waals surface area contributed by atoms with Crippen LogP contribution in [0.4, 0.5) is 11.4 Å². The molecule has 0 saturated heterocycles. The molecule has 0 aliphatic carbocycles. The lowest BCUT2D eigenvalue weighted by Crippen LogP contribution is -2.36. The minimum absolute atomic E-state index is 0.0232. The third-order valence-corrected chi connectivity index (χ3v) is 2.51. The van der Waals surface area contributed by atoms with Gasteiger partial charge in [0.1, 0.15) is 5.69 Å². The van der Waals surface area contributed by atoms with Crippen molar-refractivity contribution in [1.29, 1.82) is 0 Å². The van der Waals surface area contributed by atoms with Crippen LogP contribution in [0.3, 0.4) is 0 Å². The van der Waals surface area contributed by atoms with Gasteiger partial charge in [0.05, 0.1) is 4.92 Å². The minimum atomic E-state index is -0.635. The third kappa shape index (κ3) is 3.44. The summed E-state index contributed by atoms with van der Waals surface area (Å²) in [5.74, 6) is -0.456. The molecule has 6 heteroatoms. The predicted octanol–water partition coefficient (Wildman–Crippen LogP) is 1.97. The second-order valence-corrected chi connectivity index (χ2v) is 4.88. The van der Waals surface area contributed by atoms with Gasteiger partial charge in [-0.25, -0.2) is 0 Å². The van der Waals surface area contributed by atoms with Crippen molar-refractivity contribution >= 4 is 17.3 Å². The molecule has 18 heavy (non-hydrogen) atoms. The molecule has 1 aromatic rings. The number of rotatable bonds is 5. The van der Waals surface area contributed by atoms with E-state index in [1.165, 1.54) is 0 Å². The number of carbonyl (C=O) groups is 1. The summed E-state index contributed by atoms with van der Waals surface area (Å²) in [5, 5.41) is 14.0. The first-order valence-corrected chi connectivity index (χ1v) is 5.53. The normalized spacial score (nSPS) is 11.1. The fourth-order valence-corrected chi connectivity index (χ4v) is 1.85. The molecule has 0 bridgehead atoms. The van der Waals surface area contributed by atoms with Gasteiger partial charge in [-0.1, -0.05) is 12.1 Å². The Balaban J connectivity index is 3.08. The molecular formula is C12H17N3O3. The van der Waals surface area contributed by atoms with Crippen LogP contribution in [-0.2, 0) is 4.79 Å². The van der Waals surface area contributed by atoms with Crippen molar-refractivity contribution in [3.05, 3.63) is 33.9 Å². The van der Waals surface area contributed by atoms with Crippen LogP contribution in [0.25, 0.3) is 0 Å². The molecule has 0 fully saturated rings. The van der Waals surface area contributed by atoms with E-state index in [2.05, 4.69) is 5.32 Å². The zero-order valence-electron chi connectivity index (χ0n) is 10.7. The van der Waals surface area contributed by atoms with Crippen molar-refractivity contribution < 1.29 is 9.72 Å². The first kappa shape index (κ1) is 14.0. The van der Waals surface area contributed by atoms with E-state index in [0.717, 1.165) is 0 Å². The van der Waals surface area contributed by atoms with Crippen LogP contribution in [0.5, 0.6) is 0 Å². The first-order valence-electron chi connectivity index (χ1n) is 5.53. The van der Waals surface area contributed by atoms with E-state index in [4.69, 9.17) is 5.73 Å². The molecule has 6 nitrogen and oxygen atoms in total. The summed E-state index contributed by atoms with van der Waals surface area (Å²) in [6, 6.07) is 5.02. The molecule has 0 heterocycles. The summed E-state index contributed by atoms with van der Waals surface area (Å²) in [4.78, 5) is 21.5. The Morgan fingerprint density at radius 2 is 2.11 bits per heavy atom. The average Bonchev–Trinajstić information content (AvgIpc) is 2.13. The SMILES string of the molecule is Cc1cccc(NC(C)(C)CC(N)=O)c1[N+](=O)[O-]. The maximum absolute atomic E-state index is 11.0. The molecule has 0 unspecified atom stereocenters. The van der Waals surface area contributed by atoms with Gasteiger partial charge in [-0.15, -0.1) is 0 Å². The molecule has 0 atom stereocenters. The lowest BCUT2D eigenvalue weighted by atomic mass is 9.99. The number of nitro benzene ring substituents is 1. The second kappa shape index (κ2) is 5.03. The lowest BCUT2D eigenvalue weighted by molar-refractivity contribution is -0.384. The molecule has 1 aromatic carbocycles. The zero-order valence-corrected chi connectivity index (χ0v) is 10.7. The molecule has 0 saturated carbocycles. The monoisotopic (exact) mass is 251 g/mol. The fraction of sp³-hybridized carbons (Fsp3) is 0.417. The Morgan fingerprint density at radius 3 is 2.61 bits per heavy atom. The quantitative estimate of drug-likeness (QED) is 0.617. The fourth-order valence-electron chi connectivity index (χ4n) is 1.85. The summed E-state index contributed by atoms with van der Waals surface area (Å²) >= 11 is 0. The Morgan fingerprint density at radius 1 is 1.50 bits per heavy atom. The van der Waals surface area contributed by atoms with Crippen LogP contribution >= 0.6 is 0 Å². The smallest absolute Gasteiger partial charge is 0.295 e. The van der Waals surface area contributed by atoms with Gasteiger partial charge in [-0.3, -0.25) is 14.9 Å². The van der Waals surface area contributed by atoms with Crippen molar-refractivity contribution in [3.8, 4) is 0 Å². The molecular weight excluding hydrogens is 234 g/mol. The first-order chi connectivity index (χ1) is 8.23. The number of benzene rings is 1. The highest BCUT2D eigenvalue weighted by atomic mass is 16.6. The van der Waals surface area contributed by atoms with Crippen molar-refractivity contribution in [2.45, 2.75) is 32.7 Å². The van der Waals surface area contributed by atoms with Crippen LogP contribution < -0.4 is 11.1 Å². The van der Waals surface area contributed by atoms with E-state index in [-0.39, 0.29) is 12.1 Å². The third-order valence-electron chi connectivity index (χ3n) is 2.51. The van der Waals surface area contributed by atoms with E-state index in [0.29, 0.717) is 11.3 Å². The van der Waals surface area contributed by atoms with Crippen LogP contribution in [0.1, 0.15) is 25.8 Å². The number of amides is 1. The number of nitrogens with one attached hydrogen (secondary N) is 1. The van der Waals surface area contributed by atoms with E-state index >= 15 is 0 Å². The Hall–Kier alpha value is -2.11. The number of carbonyl (C=O) groups excluding carboxylic acids is 1. The number of aryl methyl sites for hydroxylation is 1. The molecule has 3 N–H and O–H groups in total. The van der Waals surface area contributed by atoms with Gasteiger partial charge in [0.15, 0.2) is 0 Å². The zero-order chi connectivity index (χ0) is 13.9. The van der Waals surface area contributed by atoms with Crippen molar-refractivity contribution in [2.75, 3.05) is 5.32 Å². The highest BCUT2D eigenvalue weighted by Crippen LogP contribution is 2.30. The number of primary amides is 1. The van der Waals surface area contributed by atoms with Crippen molar-refractivity contribution in [2.24, 2.45) is 5.73 Å². The molecule has 1 rings (SSSR count). The minimum Gasteiger partial charge on any atom is -0.374 e. The van der Waals surface area contributed by atoms with Gasteiger partial charge in [-0.05, 0) is 26.8 Å². The van der Waals surface area contributed by atoms with Gasteiger partial charge < -0.3 is 11.1 Å². The summed E-state index contributed by atoms with van der Waals surface area (Å²) in [6.07, 6.45) is 0.0953. The van der Waals surface area contributed by atoms with E-state index in [9.17, 15) is 14.9 Å². The highest BCUT2D eigenvalue weighted by Gasteiger charge is 2.25. The number of nitro groups is 1. The van der Waals surface area contributed by atoms with Gasteiger partial charge >= 0.3 is 0 Å². The van der Waals surface area contributed by atoms with Gasteiger partial charge in [0, 0.05) is 17.5 Å². The maximum atomic E-state index is 11.0. The average molecular weight is 251 g/mol. The summed E-state index contributed by atoms with van der Waals surface area (Å²) in [5.41, 5.74) is 5.50. The number of nitrogens with two attached hydrogens (primary N) is 1. The summed E-state index contributed by atoms with van der Waals surface area (Å²) in [6.45, 7) is 5.21. The molecule has 0 aromatic heterocycles. The van der Waals surface area contributed by atoms with Gasteiger partial charge in [0.2, 0.25) is 5.91 Å². The number of hydrogen-bond donors (Lipinski definition) is 2. The van der Waals surface area contributed by atoms with Crippen LogP contribution in [0, 0.1) is 17.0 Å². The molecule has 0 aliphatic heterocycles. The largest absolute Gasteiger partial charge is 0.374 e. The van der Waals surface area contributed by atoms with Crippen LogP contribution in [0.15, 0.2) is 18.2 Å². The topological polar surface area (TPSA) is 98.3 Å². The number of anilines is 1. The second-order valence-electron chi connectivity index (χ2n) is 4.88. The molecule has 98 valence electrons. The van der Waals surface area contributed by atoms with Crippen molar-refractivity contribution in [3.63, 3.8) is 0 Å². The number of nitrogens with zero attached hydrogens (tertiary/aromatic N) is 1. The van der Waals surface area contributed by atoms with E-state index in [1.54, 1.807) is 39.0 Å². The maximum Gasteiger partial charge on any atom is 0.295 e. The van der Waals surface area contributed by atoms with Crippen LogP contribution in [-0.4, -0.2) is 16.4 Å². The standard InChI is InChI=1S/C12H17N3O3/c1-8-5-4-6-9(11(8)15(17)18)14-12(2,3)7-10(13)16/h4-6,14H,7H2,1-3H3,(H2,13,16).